The van der Waals surface area contributed by atoms with Crippen LogP contribution in [0.15, 0.2) is 60.0 Å². The molecule has 2 aliphatic rings. The number of hydrogen-bond acceptors (Lipinski definition) is 6. The molecule has 10 heteroatoms. The number of carbonyl (C=O) groups excluding carboxylic acids is 2. The van der Waals surface area contributed by atoms with Crippen molar-refractivity contribution >= 4 is 29.0 Å². The lowest BCUT2D eigenvalue weighted by Gasteiger charge is -2.37. The summed E-state index contributed by atoms with van der Waals surface area (Å²) in [5.74, 6) is 0.0781. The Morgan fingerprint density at radius 3 is 2.58 bits per heavy atom. The lowest BCUT2D eigenvalue weighted by Crippen LogP contribution is -2.50. The van der Waals surface area contributed by atoms with E-state index in [0.29, 0.717) is 44.3 Å². The number of urea groups is 1. The van der Waals surface area contributed by atoms with Crippen LogP contribution in [0.4, 0.5) is 14.9 Å². The van der Waals surface area contributed by atoms with E-state index in [1.807, 2.05) is 47.5 Å². The molecule has 3 amide bonds. The van der Waals surface area contributed by atoms with Crippen molar-refractivity contribution in [1.82, 2.24) is 14.7 Å². The third-order valence-electron chi connectivity index (χ3n) is 7.34. The predicted octanol–water partition coefficient (Wildman–Crippen LogP) is 4.57. The molecule has 0 bridgehead atoms. The molecule has 0 saturated carbocycles. The molecule has 40 heavy (non-hydrogen) atoms. The zero-order chi connectivity index (χ0) is 27.9. The number of hydrogen-bond donors (Lipinski definition) is 1. The first-order chi connectivity index (χ1) is 19.5. The second kappa shape index (κ2) is 13.3. The van der Waals surface area contributed by atoms with Gasteiger partial charge in [0.1, 0.15) is 24.7 Å². The third-order valence-corrected chi connectivity index (χ3v) is 8.34. The average molecular weight is 567 g/mol. The number of anilines is 1. The minimum atomic E-state index is -0.331. The second-order valence-corrected chi connectivity index (χ2v) is 11.1. The molecule has 5 rings (SSSR count). The van der Waals surface area contributed by atoms with E-state index >= 15 is 0 Å². The molecule has 1 saturated heterocycles. The van der Waals surface area contributed by atoms with Crippen molar-refractivity contribution in [1.29, 1.82) is 0 Å². The van der Waals surface area contributed by atoms with E-state index in [1.165, 1.54) is 17.0 Å². The normalized spacial score (nSPS) is 17.2. The van der Waals surface area contributed by atoms with Crippen LogP contribution in [0.5, 0.6) is 5.75 Å². The molecule has 0 unspecified atom stereocenters. The number of morpholine rings is 1. The van der Waals surface area contributed by atoms with Crippen molar-refractivity contribution in [3.8, 4) is 5.75 Å². The van der Waals surface area contributed by atoms with Gasteiger partial charge in [-0.1, -0.05) is 17.7 Å². The first kappa shape index (κ1) is 28.1. The fourth-order valence-corrected chi connectivity index (χ4v) is 5.94. The molecule has 1 fully saturated rings. The predicted molar refractivity (Wildman–Crippen MR) is 153 cm³/mol. The van der Waals surface area contributed by atoms with Crippen molar-refractivity contribution in [2.45, 2.75) is 19.4 Å². The summed E-state index contributed by atoms with van der Waals surface area (Å²) in [7, 11) is 0. The smallest absolute Gasteiger partial charge is 0.322 e. The van der Waals surface area contributed by atoms with Gasteiger partial charge >= 0.3 is 6.03 Å². The van der Waals surface area contributed by atoms with E-state index in [-0.39, 0.29) is 36.9 Å². The van der Waals surface area contributed by atoms with E-state index in [2.05, 4.69) is 10.2 Å². The number of ether oxygens (including phenoxy) is 2. The number of amides is 3. The Labute approximate surface area is 238 Å². The summed E-state index contributed by atoms with van der Waals surface area (Å²) in [5.41, 5.74) is 2.85. The molecule has 212 valence electrons. The number of aryl methyl sites for hydroxylation is 1. The molecule has 0 spiro atoms. The second-order valence-electron chi connectivity index (χ2n) is 10.1. The van der Waals surface area contributed by atoms with Gasteiger partial charge in [0, 0.05) is 43.3 Å². The van der Waals surface area contributed by atoms with Crippen LogP contribution in [-0.2, 0) is 16.0 Å². The maximum atomic E-state index is 13.8. The summed E-state index contributed by atoms with van der Waals surface area (Å²) in [6.45, 7) is 6.74. The maximum absolute atomic E-state index is 13.8. The Bertz CT molecular complexity index is 1280. The highest BCUT2D eigenvalue weighted by Crippen LogP contribution is 2.34. The van der Waals surface area contributed by atoms with Crippen molar-refractivity contribution in [2.24, 2.45) is 0 Å². The fraction of sp³-hybridized carbons (Fsp3) is 0.400. The summed E-state index contributed by atoms with van der Waals surface area (Å²) in [4.78, 5) is 34.1. The number of fused-ring (bicyclic) bond motifs is 1. The van der Waals surface area contributed by atoms with Crippen LogP contribution < -0.4 is 10.1 Å². The standard InChI is InChI=1S/C30H35FN4O4S/c1-22-2-6-24(7-3-22)32-30(37)34(14-13-33-15-17-38-18-16-33)20-29(36)35-12-10-28-26(11-19-40-28)27(35)21-39-25-8-4-23(31)5-9-25/h2-9,11,19,27H,10,12-18,20-21H2,1H3,(H,32,37)/t27-/m0/s1. The minimum Gasteiger partial charge on any atom is -0.491 e. The SMILES string of the molecule is Cc1ccc(NC(=O)N(CCN2CCOCC2)CC(=O)N2CCc3sccc3[C@@H]2COc2ccc(F)cc2)cc1. The van der Waals surface area contributed by atoms with Gasteiger partial charge in [-0.3, -0.25) is 9.69 Å². The lowest BCUT2D eigenvalue weighted by atomic mass is 10.0. The Hall–Kier alpha value is -3.47. The summed E-state index contributed by atoms with van der Waals surface area (Å²) < 4.78 is 24.8. The number of benzene rings is 2. The van der Waals surface area contributed by atoms with Crippen molar-refractivity contribution in [3.63, 3.8) is 0 Å². The van der Waals surface area contributed by atoms with Crippen LogP contribution in [0.1, 0.15) is 22.0 Å². The van der Waals surface area contributed by atoms with Gasteiger partial charge in [0.15, 0.2) is 0 Å². The summed E-state index contributed by atoms with van der Waals surface area (Å²) >= 11 is 1.68. The molecule has 0 aliphatic carbocycles. The lowest BCUT2D eigenvalue weighted by molar-refractivity contribution is -0.135. The zero-order valence-corrected chi connectivity index (χ0v) is 23.5. The number of nitrogens with zero attached hydrogens (tertiary/aromatic N) is 3. The summed E-state index contributed by atoms with van der Waals surface area (Å²) in [6.07, 6.45) is 0.759. The van der Waals surface area contributed by atoms with Crippen LogP contribution >= 0.6 is 11.3 Å². The molecule has 2 aromatic carbocycles. The number of rotatable bonds is 9. The third kappa shape index (κ3) is 7.18. The fourth-order valence-electron chi connectivity index (χ4n) is 5.01. The van der Waals surface area contributed by atoms with Crippen LogP contribution in [0, 0.1) is 12.7 Å². The van der Waals surface area contributed by atoms with Gasteiger partial charge in [0.25, 0.3) is 0 Å². The number of nitrogens with one attached hydrogen (secondary N) is 1. The molecular formula is C30H35FN4O4S. The molecule has 1 N–H and O–H groups in total. The van der Waals surface area contributed by atoms with Crippen LogP contribution in [0.3, 0.4) is 0 Å². The first-order valence-corrected chi connectivity index (χ1v) is 14.5. The monoisotopic (exact) mass is 566 g/mol. The van der Waals surface area contributed by atoms with Crippen molar-refractivity contribution in [2.75, 3.05) is 64.4 Å². The van der Waals surface area contributed by atoms with E-state index in [9.17, 15) is 14.0 Å². The number of carbonyl (C=O) groups is 2. The van der Waals surface area contributed by atoms with Gasteiger partial charge in [0.05, 0.1) is 19.3 Å². The summed E-state index contributed by atoms with van der Waals surface area (Å²) in [5, 5.41) is 4.99. The molecular weight excluding hydrogens is 531 g/mol. The van der Waals surface area contributed by atoms with Crippen LogP contribution in [-0.4, -0.2) is 85.7 Å². The van der Waals surface area contributed by atoms with Gasteiger partial charge in [-0.2, -0.15) is 0 Å². The Balaban J connectivity index is 1.30. The molecule has 3 aromatic rings. The van der Waals surface area contributed by atoms with Gasteiger partial charge < -0.3 is 24.6 Å². The van der Waals surface area contributed by atoms with E-state index in [1.54, 1.807) is 28.4 Å². The highest BCUT2D eigenvalue weighted by atomic mass is 32.1. The molecule has 0 radical (unpaired) electrons. The van der Waals surface area contributed by atoms with Gasteiger partial charge in [0.2, 0.25) is 5.91 Å². The number of thiophene rings is 1. The van der Waals surface area contributed by atoms with Gasteiger partial charge in [-0.15, -0.1) is 11.3 Å². The van der Waals surface area contributed by atoms with E-state index in [0.717, 1.165) is 30.6 Å². The Kier molecular flexibility index (Phi) is 9.30. The largest absolute Gasteiger partial charge is 0.491 e. The first-order valence-electron chi connectivity index (χ1n) is 13.6. The Morgan fingerprint density at radius 2 is 1.82 bits per heavy atom. The zero-order valence-electron chi connectivity index (χ0n) is 22.7. The average Bonchev–Trinajstić information content (AvgIpc) is 3.46. The molecule has 8 nitrogen and oxygen atoms in total. The molecule has 1 atom stereocenters. The van der Waals surface area contributed by atoms with Crippen LogP contribution in [0.2, 0.25) is 0 Å². The highest BCUT2D eigenvalue weighted by Gasteiger charge is 2.33. The van der Waals surface area contributed by atoms with Gasteiger partial charge in [-0.25, -0.2) is 9.18 Å². The van der Waals surface area contributed by atoms with E-state index in [4.69, 9.17) is 9.47 Å². The van der Waals surface area contributed by atoms with Gasteiger partial charge in [-0.05, 0) is 66.8 Å². The molecule has 1 aromatic heterocycles. The van der Waals surface area contributed by atoms with Crippen LogP contribution in [0.25, 0.3) is 0 Å². The quantitative estimate of drug-likeness (QED) is 0.411. The Morgan fingerprint density at radius 1 is 1.07 bits per heavy atom. The maximum Gasteiger partial charge on any atom is 0.322 e. The summed E-state index contributed by atoms with van der Waals surface area (Å²) in [6, 6.07) is 14.9. The van der Waals surface area contributed by atoms with Crippen molar-refractivity contribution in [3.05, 3.63) is 81.8 Å². The minimum absolute atomic E-state index is 0.0471. The molecule has 3 heterocycles. The van der Waals surface area contributed by atoms with Crippen molar-refractivity contribution < 1.29 is 23.5 Å². The number of halogens is 1. The highest BCUT2D eigenvalue weighted by molar-refractivity contribution is 7.10. The van der Waals surface area contributed by atoms with E-state index < -0.39 is 0 Å². The molecule has 2 aliphatic heterocycles. The topological polar surface area (TPSA) is 74.4 Å².